The van der Waals surface area contributed by atoms with Gasteiger partial charge in [0, 0.05) is 24.6 Å². The number of fused-ring (bicyclic) bond motifs is 3. The predicted octanol–water partition coefficient (Wildman–Crippen LogP) is 2.79. The Hall–Kier alpha value is -2.42. The Kier molecular flexibility index (Phi) is 4.45. The Labute approximate surface area is 172 Å². The van der Waals surface area contributed by atoms with E-state index < -0.39 is 5.60 Å². The molecule has 9 heteroatoms. The summed E-state index contributed by atoms with van der Waals surface area (Å²) in [5.41, 5.74) is 1.14. The van der Waals surface area contributed by atoms with Crippen molar-refractivity contribution in [3.63, 3.8) is 0 Å². The van der Waals surface area contributed by atoms with Crippen LogP contribution in [-0.2, 0) is 9.53 Å². The van der Waals surface area contributed by atoms with E-state index in [4.69, 9.17) is 9.73 Å². The van der Waals surface area contributed by atoms with E-state index in [0.29, 0.717) is 24.8 Å². The zero-order valence-electron chi connectivity index (χ0n) is 16.3. The van der Waals surface area contributed by atoms with Crippen molar-refractivity contribution in [2.24, 2.45) is 9.98 Å². The molecule has 0 radical (unpaired) electrons. The number of benzene rings is 1. The predicted molar refractivity (Wildman–Crippen MR) is 110 cm³/mol. The molecule has 0 aliphatic carbocycles. The third kappa shape index (κ3) is 3.39. The van der Waals surface area contributed by atoms with Crippen molar-refractivity contribution < 1.29 is 14.3 Å². The van der Waals surface area contributed by atoms with E-state index in [2.05, 4.69) is 20.9 Å². The summed E-state index contributed by atoms with van der Waals surface area (Å²) in [6, 6.07) is 5.81. The maximum atomic E-state index is 12.3. The van der Waals surface area contributed by atoms with Gasteiger partial charge in [0.25, 0.3) is 5.91 Å². The first-order chi connectivity index (χ1) is 13.1. The summed E-state index contributed by atoms with van der Waals surface area (Å²) in [4.78, 5) is 38.8. The van der Waals surface area contributed by atoms with Gasteiger partial charge in [-0.25, -0.2) is 9.79 Å². The van der Waals surface area contributed by atoms with E-state index in [0.717, 1.165) is 15.8 Å². The van der Waals surface area contributed by atoms with Crippen LogP contribution >= 0.6 is 15.9 Å². The summed E-state index contributed by atoms with van der Waals surface area (Å²) in [6.07, 6.45) is -0.340. The molecule has 0 aromatic heterocycles. The molecule has 3 aliphatic heterocycles. The lowest BCUT2D eigenvalue weighted by Crippen LogP contribution is -2.64. The zero-order chi connectivity index (χ0) is 20.2. The van der Waals surface area contributed by atoms with E-state index in [1.807, 2.05) is 48.8 Å². The molecule has 0 saturated carbocycles. The second-order valence-corrected chi connectivity index (χ2v) is 9.05. The summed E-state index contributed by atoms with van der Waals surface area (Å²) in [7, 11) is 1.74. The van der Waals surface area contributed by atoms with Crippen LogP contribution in [0.5, 0.6) is 0 Å². The van der Waals surface area contributed by atoms with Crippen LogP contribution in [0.15, 0.2) is 32.7 Å². The van der Waals surface area contributed by atoms with E-state index >= 15 is 0 Å². The third-order valence-electron chi connectivity index (χ3n) is 4.83. The summed E-state index contributed by atoms with van der Waals surface area (Å²) >= 11 is 3.47. The summed E-state index contributed by atoms with van der Waals surface area (Å²) in [5.74, 6) is 1.07. The van der Waals surface area contributed by atoms with Gasteiger partial charge in [0.1, 0.15) is 12.1 Å². The van der Waals surface area contributed by atoms with Crippen LogP contribution < -0.4 is 4.90 Å². The molecule has 1 aromatic carbocycles. The van der Waals surface area contributed by atoms with Crippen LogP contribution in [0, 0.1) is 0 Å². The third-order valence-corrected chi connectivity index (χ3v) is 5.32. The Morgan fingerprint density at radius 2 is 1.96 bits per heavy atom. The van der Waals surface area contributed by atoms with Crippen molar-refractivity contribution >= 4 is 51.0 Å². The maximum absolute atomic E-state index is 12.3. The number of rotatable bonds is 1. The number of likely N-dealkylation sites (N-methyl/N-ethyl adjacent to an activating group) is 1. The lowest BCUT2D eigenvalue weighted by atomic mass is 10.1. The second-order valence-electron chi connectivity index (χ2n) is 8.13. The van der Waals surface area contributed by atoms with Crippen molar-refractivity contribution in [3.8, 4) is 0 Å². The Bertz CT molecular complexity index is 915. The summed E-state index contributed by atoms with van der Waals surface area (Å²) in [5, 5.41) is 0. The van der Waals surface area contributed by atoms with Crippen molar-refractivity contribution in [3.05, 3.63) is 22.7 Å². The molecule has 0 bridgehead atoms. The van der Waals surface area contributed by atoms with Gasteiger partial charge < -0.3 is 19.4 Å². The molecular formula is C19H22BrN5O3. The number of carbonyl (C=O) groups excluding carboxylic acids is 2. The van der Waals surface area contributed by atoms with Gasteiger partial charge in [-0.1, -0.05) is 15.9 Å². The topological polar surface area (TPSA) is 77.8 Å². The van der Waals surface area contributed by atoms with Gasteiger partial charge in [0.05, 0.1) is 17.4 Å². The fourth-order valence-electron chi connectivity index (χ4n) is 3.33. The molecule has 148 valence electrons. The highest BCUT2D eigenvalue weighted by atomic mass is 79.9. The molecule has 1 aromatic rings. The van der Waals surface area contributed by atoms with Crippen LogP contribution in [0.3, 0.4) is 0 Å². The number of anilines is 1. The van der Waals surface area contributed by atoms with E-state index in [1.54, 1.807) is 11.9 Å². The molecule has 1 saturated heterocycles. The second kappa shape index (κ2) is 6.58. The molecule has 0 unspecified atom stereocenters. The number of aliphatic imine (C=N–C) groups is 2. The van der Waals surface area contributed by atoms with Crippen molar-refractivity contribution in [1.82, 2.24) is 9.80 Å². The van der Waals surface area contributed by atoms with Crippen LogP contribution in [-0.4, -0.2) is 71.8 Å². The Morgan fingerprint density at radius 1 is 1.25 bits per heavy atom. The maximum Gasteiger partial charge on any atom is 0.410 e. The minimum absolute atomic E-state index is 0.0232. The highest BCUT2D eigenvalue weighted by molar-refractivity contribution is 9.10. The molecule has 1 fully saturated rings. The molecule has 4 rings (SSSR count). The number of halogens is 1. The number of hydrogen-bond acceptors (Lipinski definition) is 6. The normalized spacial score (nSPS) is 18.8. The minimum atomic E-state index is -0.528. The fraction of sp³-hybridized carbons (Fsp3) is 0.474. The number of hydrogen-bond donors (Lipinski definition) is 0. The van der Waals surface area contributed by atoms with Crippen LogP contribution in [0.1, 0.15) is 20.8 Å². The number of nitrogens with zero attached hydrogens (tertiary/aromatic N) is 5. The van der Waals surface area contributed by atoms with Gasteiger partial charge in [-0.15, -0.1) is 0 Å². The van der Waals surface area contributed by atoms with Crippen LogP contribution in [0.25, 0.3) is 0 Å². The first-order valence-corrected chi connectivity index (χ1v) is 9.90. The lowest BCUT2D eigenvalue weighted by molar-refractivity contribution is -0.115. The van der Waals surface area contributed by atoms with Gasteiger partial charge in [0.15, 0.2) is 11.7 Å². The fourth-order valence-corrected chi connectivity index (χ4v) is 3.68. The van der Waals surface area contributed by atoms with Gasteiger partial charge in [0.2, 0.25) is 0 Å². The zero-order valence-corrected chi connectivity index (χ0v) is 17.9. The quantitative estimate of drug-likeness (QED) is 0.661. The van der Waals surface area contributed by atoms with Crippen LogP contribution in [0.2, 0.25) is 0 Å². The SMILES string of the molecule is CN(C(=O)OC(C)(C)C)C1CN(C2=Nc3ccc(Br)cc3N3CC(=O)N=C23)C1. The summed E-state index contributed by atoms with van der Waals surface area (Å²) < 4.78 is 6.36. The van der Waals surface area contributed by atoms with E-state index in [-0.39, 0.29) is 24.6 Å². The minimum Gasteiger partial charge on any atom is -0.444 e. The number of ether oxygens (including phenoxy) is 1. The Balaban J connectivity index is 1.52. The first-order valence-electron chi connectivity index (χ1n) is 9.11. The van der Waals surface area contributed by atoms with Gasteiger partial charge in [-0.2, -0.15) is 4.99 Å². The average Bonchev–Trinajstić information content (AvgIpc) is 2.94. The molecule has 0 atom stereocenters. The van der Waals surface area contributed by atoms with E-state index in [1.165, 1.54) is 0 Å². The number of carbonyl (C=O) groups is 2. The highest BCUT2D eigenvalue weighted by Gasteiger charge is 2.42. The van der Waals surface area contributed by atoms with Gasteiger partial charge in [-0.3, -0.25) is 4.79 Å². The lowest BCUT2D eigenvalue weighted by Gasteiger charge is -2.46. The van der Waals surface area contributed by atoms with Gasteiger partial charge >= 0.3 is 6.09 Å². The molecule has 28 heavy (non-hydrogen) atoms. The van der Waals surface area contributed by atoms with Crippen LogP contribution in [0.4, 0.5) is 16.2 Å². The summed E-state index contributed by atoms with van der Waals surface area (Å²) in [6.45, 7) is 6.99. The molecule has 8 nitrogen and oxygen atoms in total. The average molecular weight is 448 g/mol. The molecule has 2 amide bonds. The van der Waals surface area contributed by atoms with Crippen molar-refractivity contribution in [1.29, 1.82) is 0 Å². The van der Waals surface area contributed by atoms with Crippen molar-refractivity contribution in [2.75, 3.05) is 31.6 Å². The molecule has 3 heterocycles. The molecular weight excluding hydrogens is 426 g/mol. The van der Waals surface area contributed by atoms with Crippen molar-refractivity contribution in [2.45, 2.75) is 32.4 Å². The number of amidine groups is 2. The largest absolute Gasteiger partial charge is 0.444 e. The molecule has 0 spiro atoms. The standard InChI is InChI=1S/C19H22BrN5O3/c1-19(2,3)28-18(27)23(4)12-8-24(9-12)16-17-22-15(26)10-25(17)14-7-11(20)5-6-13(14)21-16/h5-7,12H,8-10H2,1-4H3. The molecule has 3 aliphatic rings. The molecule has 0 N–H and O–H groups in total. The number of amides is 2. The smallest absolute Gasteiger partial charge is 0.410 e. The first kappa shape index (κ1) is 18.9. The number of likely N-dealkylation sites (tertiary alicyclic amines) is 1. The van der Waals surface area contributed by atoms with E-state index in [9.17, 15) is 9.59 Å². The van der Waals surface area contributed by atoms with Gasteiger partial charge in [-0.05, 0) is 39.0 Å². The monoisotopic (exact) mass is 447 g/mol. The Morgan fingerprint density at radius 3 is 2.64 bits per heavy atom. The highest BCUT2D eigenvalue weighted by Crippen LogP contribution is 2.38.